The van der Waals surface area contributed by atoms with Crippen molar-refractivity contribution in [2.45, 2.75) is 24.3 Å². The molecule has 0 aliphatic carbocycles. The Morgan fingerprint density at radius 2 is 1.76 bits per heavy atom. The maximum atomic E-state index is 6.03. The fraction of sp³-hybridized carbons (Fsp3) is 0.500. The van der Waals surface area contributed by atoms with Gasteiger partial charge in [-0.05, 0) is 49.6 Å². The van der Waals surface area contributed by atoms with Crippen LogP contribution >= 0.6 is 47.8 Å². The van der Waals surface area contributed by atoms with Crippen molar-refractivity contribution in [3.8, 4) is 5.75 Å². The zero-order chi connectivity index (χ0) is 12.3. The van der Waals surface area contributed by atoms with Crippen LogP contribution in [-0.2, 0) is 10.1 Å². The highest BCUT2D eigenvalue weighted by Gasteiger charge is 2.18. The molecule has 0 amide bonds. The van der Waals surface area contributed by atoms with E-state index in [1.807, 2.05) is 0 Å². The molecule has 2 rings (SSSR count). The lowest BCUT2D eigenvalue weighted by atomic mass is 10.1. The first kappa shape index (κ1) is 13.8. The summed E-state index contributed by atoms with van der Waals surface area (Å²) in [5.74, 6) is 0.890. The van der Waals surface area contributed by atoms with Crippen LogP contribution in [0.15, 0.2) is 21.1 Å². The Morgan fingerprint density at radius 1 is 1.18 bits per heavy atom. The molecule has 1 saturated heterocycles. The lowest BCUT2D eigenvalue weighted by Crippen LogP contribution is -2.26. The Bertz CT molecular complexity index is 366. The molecule has 0 radical (unpaired) electrons. The minimum Gasteiger partial charge on any atom is -0.488 e. The fourth-order valence-corrected chi connectivity index (χ4v) is 3.55. The molecule has 1 aliphatic rings. The normalized spacial score (nSPS) is 17.1. The summed E-state index contributed by atoms with van der Waals surface area (Å²) in [6, 6.07) is 4.16. The third kappa shape index (κ3) is 3.69. The van der Waals surface area contributed by atoms with Crippen LogP contribution in [0.1, 0.15) is 18.4 Å². The molecule has 0 spiro atoms. The van der Waals surface area contributed by atoms with Gasteiger partial charge in [-0.15, -0.1) is 0 Å². The van der Waals surface area contributed by atoms with E-state index in [-0.39, 0.29) is 6.10 Å². The van der Waals surface area contributed by atoms with E-state index in [2.05, 4.69) is 59.9 Å². The highest BCUT2D eigenvalue weighted by atomic mass is 79.9. The van der Waals surface area contributed by atoms with Crippen LogP contribution in [0.5, 0.6) is 5.75 Å². The summed E-state index contributed by atoms with van der Waals surface area (Å²) in [6.07, 6.45) is 2.17. The van der Waals surface area contributed by atoms with Gasteiger partial charge in [0.1, 0.15) is 11.9 Å². The summed E-state index contributed by atoms with van der Waals surface area (Å²) in [5, 5.41) is 0.835. The van der Waals surface area contributed by atoms with Gasteiger partial charge in [-0.3, -0.25) is 0 Å². The fourth-order valence-electron chi connectivity index (χ4n) is 1.76. The van der Waals surface area contributed by atoms with Crippen molar-refractivity contribution in [3.63, 3.8) is 0 Å². The molecular weight excluding hydrogens is 416 g/mol. The van der Waals surface area contributed by atoms with Gasteiger partial charge in [-0.25, -0.2) is 0 Å². The van der Waals surface area contributed by atoms with Crippen molar-refractivity contribution < 1.29 is 9.47 Å². The van der Waals surface area contributed by atoms with E-state index in [9.17, 15) is 0 Å². The molecule has 0 saturated carbocycles. The second-order valence-electron chi connectivity index (χ2n) is 3.95. The topological polar surface area (TPSA) is 18.5 Å². The largest absolute Gasteiger partial charge is 0.488 e. The Kier molecular flexibility index (Phi) is 5.33. The molecular formula is C12H13Br3O2. The molecule has 94 valence electrons. The highest BCUT2D eigenvalue weighted by Crippen LogP contribution is 2.36. The molecule has 17 heavy (non-hydrogen) atoms. The van der Waals surface area contributed by atoms with Crippen molar-refractivity contribution in [2.75, 3.05) is 13.2 Å². The molecule has 0 N–H and O–H groups in total. The zero-order valence-electron chi connectivity index (χ0n) is 9.22. The minimum absolute atomic E-state index is 0.256. The molecule has 1 aliphatic heterocycles. The van der Waals surface area contributed by atoms with Crippen molar-refractivity contribution in [2.24, 2.45) is 0 Å². The van der Waals surface area contributed by atoms with Crippen LogP contribution in [0.3, 0.4) is 0 Å². The van der Waals surface area contributed by atoms with E-state index in [1.165, 1.54) is 5.56 Å². The number of alkyl halides is 1. The summed E-state index contributed by atoms with van der Waals surface area (Å²) in [7, 11) is 0. The molecule has 0 aromatic heterocycles. The average molecular weight is 429 g/mol. The minimum atomic E-state index is 0.256. The predicted octanol–water partition coefficient (Wildman–Crippen LogP) is 4.66. The van der Waals surface area contributed by atoms with Crippen molar-refractivity contribution >= 4 is 47.8 Å². The maximum Gasteiger partial charge on any atom is 0.148 e. The Hall–Kier alpha value is 0.420. The first-order chi connectivity index (χ1) is 8.20. The molecule has 5 heteroatoms. The molecule has 1 aromatic rings. The summed E-state index contributed by atoms with van der Waals surface area (Å²) >= 11 is 10.6. The summed E-state index contributed by atoms with van der Waals surface area (Å²) in [5.41, 5.74) is 1.21. The number of ether oxygens (including phenoxy) is 2. The van der Waals surface area contributed by atoms with Gasteiger partial charge in [-0.2, -0.15) is 0 Å². The van der Waals surface area contributed by atoms with Gasteiger partial charge >= 0.3 is 0 Å². The quantitative estimate of drug-likeness (QED) is 0.652. The van der Waals surface area contributed by atoms with E-state index in [1.54, 1.807) is 0 Å². The van der Waals surface area contributed by atoms with E-state index in [0.717, 1.165) is 46.1 Å². The van der Waals surface area contributed by atoms with Gasteiger partial charge in [0.2, 0.25) is 0 Å². The van der Waals surface area contributed by atoms with Crippen molar-refractivity contribution in [3.05, 3.63) is 26.6 Å². The molecule has 0 bridgehead atoms. The second-order valence-corrected chi connectivity index (χ2v) is 6.22. The molecule has 0 unspecified atom stereocenters. The van der Waals surface area contributed by atoms with E-state index in [0.29, 0.717) is 0 Å². The molecule has 0 atom stereocenters. The predicted molar refractivity (Wildman–Crippen MR) is 78.9 cm³/mol. The second kappa shape index (κ2) is 6.55. The van der Waals surface area contributed by atoms with Gasteiger partial charge in [0.25, 0.3) is 0 Å². The lowest BCUT2D eigenvalue weighted by Gasteiger charge is -2.24. The number of halogens is 3. The third-order valence-corrected chi connectivity index (χ3v) is 4.49. The van der Waals surface area contributed by atoms with Gasteiger partial charge in [-0.1, -0.05) is 15.9 Å². The smallest absolute Gasteiger partial charge is 0.148 e. The van der Waals surface area contributed by atoms with Crippen LogP contribution in [0.4, 0.5) is 0 Å². The summed E-state index contributed by atoms with van der Waals surface area (Å²) in [4.78, 5) is 0. The Balaban J connectivity index is 2.14. The molecule has 1 aromatic carbocycles. The number of benzene rings is 1. The van der Waals surface area contributed by atoms with Gasteiger partial charge in [0, 0.05) is 18.2 Å². The van der Waals surface area contributed by atoms with E-state index >= 15 is 0 Å². The van der Waals surface area contributed by atoms with Crippen molar-refractivity contribution in [1.29, 1.82) is 0 Å². The number of hydrogen-bond acceptors (Lipinski definition) is 2. The lowest BCUT2D eigenvalue weighted by molar-refractivity contribution is 0.0249. The zero-order valence-corrected chi connectivity index (χ0v) is 14.0. The first-order valence-corrected chi connectivity index (χ1v) is 8.19. The standard InChI is InChI=1S/C12H13Br3O2/c13-7-8-5-10(14)12(11(15)6-8)17-9-1-3-16-4-2-9/h5-6,9H,1-4,7H2. The van der Waals surface area contributed by atoms with Crippen LogP contribution in [-0.4, -0.2) is 19.3 Å². The third-order valence-electron chi connectivity index (χ3n) is 2.67. The summed E-state index contributed by atoms with van der Waals surface area (Å²) < 4.78 is 13.3. The maximum absolute atomic E-state index is 6.03. The van der Waals surface area contributed by atoms with Crippen LogP contribution in [0.25, 0.3) is 0 Å². The Labute approximate surface area is 126 Å². The molecule has 2 nitrogen and oxygen atoms in total. The van der Waals surface area contributed by atoms with E-state index in [4.69, 9.17) is 9.47 Å². The monoisotopic (exact) mass is 426 g/mol. The summed E-state index contributed by atoms with van der Waals surface area (Å²) in [6.45, 7) is 1.58. The number of rotatable bonds is 3. The average Bonchev–Trinajstić information content (AvgIpc) is 2.35. The van der Waals surface area contributed by atoms with Crippen molar-refractivity contribution in [1.82, 2.24) is 0 Å². The van der Waals surface area contributed by atoms with Crippen LogP contribution in [0.2, 0.25) is 0 Å². The van der Waals surface area contributed by atoms with Crippen LogP contribution < -0.4 is 4.74 Å². The SMILES string of the molecule is BrCc1cc(Br)c(OC2CCOCC2)c(Br)c1. The van der Waals surface area contributed by atoms with E-state index < -0.39 is 0 Å². The van der Waals surface area contributed by atoms with Gasteiger partial charge < -0.3 is 9.47 Å². The highest BCUT2D eigenvalue weighted by molar-refractivity contribution is 9.11. The van der Waals surface area contributed by atoms with Gasteiger partial charge in [0.05, 0.1) is 22.2 Å². The molecule has 1 heterocycles. The first-order valence-electron chi connectivity index (χ1n) is 5.49. The van der Waals surface area contributed by atoms with Crippen LogP contribution in [0, 0.1) is 0 Å². The number of hydrogen-bond donors (Lipinski definition) is 0. The Morgan fingerprint density at radius 3 is 2.29 bits per heavy atom. The van der Waals surface area contributed by atoms with Gasteiger partial charge in [0.15, 0.2) is 0 Å². The molecule has 1 fully saturated rings.